The van der Waals surface area contributed by atoms with Gasteiger partial charge in [0.1, 0.15) is 16.8 Å². The number of allylic oxidation sites excluding steroid dienone is 1. The third kappa shape index (κ3) is 5.71. The zero-order valence-electron chi connectivity index (χ0n) is 19.0. The van der Waals surface area contributed by atoms with Gasteiger partial charge in [-0.2, -0.15) is 5.10 Å². The van der Waals surface area contributed by atoms with Crippen LogP contribution in [0.3, 0.4) is 0 Å². The summed E-state index contributed by atoms with van der Waals surface area (Å²) in [4.78, 5) is 33.5. The molecule has 0 saturated carbocycles. The molecule has 0 saturated heterocycles. The number of nitrogens with one attached hydrogen (secondary N) is 2. The highest BCUT2D eigenvalue weighted by atomic mass is 16.6. The van der Waals surface area contributed by atoms with E-state index in [0.717, 1.165) is 5.69 Å². The van der Waals surface area contributed by atoms with Gasteiger partial charge in [-0.15, -0.1) is 0 Å². The average Bonchev–Trinajstić information content (AvgIpc) is 3.26. The first kappa shape index (κ1) is 23.0. The molecule has 0 radical (unpaired) electrons. The zero-order chi connectivity index (χ0) is 23.3. The number of pyridine rings is 1. The van der Waals surface area contributed by atoms with Crippen LogP contribution in [0.1, 0.15) is 43.9 Å². The van der Waals surface area contributed by atoms with Gasteiger partial charge in [0, 0.05) is 25.8 Å². The van der Waals surface area contributed by atoms with E-state index in [1.54, 1.807) is 33.7 Å². The molecule has 2 N–H and O–H groups in total. The fourth-order valence-corrected chi connectivity index (χ4v) is 3.08. The standard InChI is InChI=1S/C22H29N7O3/c1-6-29-17(14-15(2)27-29)19(30)26-20-25-16-10-9-12-23-18(16)28(20)13-8-7-11-24-21(31)32-22(3,4)5/h7-10,12,14H,6,11,13H2,1-5H3,(H,24,31)(H,25,26,30)/b8-7+. The molecule has 0 aliphatic heterocycles. The lowest BCUT2D eigenvalue weighted by Gasteiger charge is -2.19. The summed E-state index contributed by atoms with van der Waals surface area (Å²) in [5.74, 6) is 0.0922. The molecule has 10 heteroatoms. The number of anilines is 1. The first-order chi connectivity index (χ1) is 15.2. The van der Waals surface area contributed by atoms with Crippen LogP contribution in [0.2, 0.25) is 0 Å². The number of aromatic nitrogens is 5. The minimum Gasteiger partial charge on any atom is -0.444 e. The van der Waals surface area contributed by atoms with E-state index < -0.39 is 11.7 Å². The molecule has 3 aromatic rings. The van der Waals surface area contributed by atoms with Crippen molar-refractivity contribution in [1.82, 2.24) is 29.6 Å². The largest absolute Gasteiger partial charge is 0.444 e. The Hall–Kier alpha value is -3.69. The number of alkyl carbamates (subject to hydrolysis) is 1. The maximum absolute atomic E-state index is 12.9. The predicted octanol–water partition coefficient (Wildman–Crippen LogP) is 3.29. The van der Waals surface area contributed by atoms with E-state index in [0.29, 0.717) is 42.4 Å². The molecular weight excluding hydrogens is 410 g/mol. The number of hydrogen-bond donors (Lipinski definition) is 2. The smallest absolute Gasteiger partial charge is 0.407 e. The molecule has 32 heavy (non-hydrogen) atoms. The van der Waals surface area contributed by atoms with E-state index in [1.807, 2.05) is 46.8 Å². The van der Waals surface area contributed by atoms with Crippen LogP contribution in [0.4, 0.5) is 10.7 Å². The first-order valence-electron chi connectivity index (χ1n) is 10.5. The Labute approximate surface area is 186 Å². The molecule has 0 aromatic carbocycles. The second-order valence-corrected chi connectivity index (χ2v) is 8.19. The number of imidazole rings is 1. The highest BCUT2D eigenvalue weighted by Gasteiger charge is 2.18. The van der Waals surface area contributed by atoms with Gasteiger partial charge in [-0.3, -0.25) is 19.4 Å². The van der Waals surface area contributed by atoms with Gasteiger partial charge in [-0.25, -0.2) is 14.8 Å². The minimum absolute atomic E-state index is 0.292. The Morgan fingerprint density at radius 1 is 1.25 bits per heavy atom. The summed E-state index contributed by atoms with van der Waals surface area (Å²) in [7, 11) is 0. The van der Waals surface area contributed by atoms with Gasteiger partial charge in [0.15, 0.2) is 5.65 Å². The Morgan fingerprint density at radius 2 is 2.03 bits per heavy atom. The second-order valence-electron chi connectivity index (χ2n) is 8.19. The summed E-state index contributed by atoms with van der Waals surface area (Å²) in [6.07, 6.45) is 4.87. The number of carbonyl (C=O) groups is 2. The van der Waals surface area contributed by atoms with E-state index in [4.69, 9.17) is 4.74 Å². The summed E-state index contributed by atoms with van der Waals surface area (Å²) in [6.45, 7) is 10.5. The van der Waals surface area contributed by atoms with Crippen LogP contribution in [0.25, 0.3) is 11.2 Å². The molecule has 0 aliphatic carbocycles. The summed E-state index contributed by atoms with van der Waals surface area (Å²) >= 11 is 0. The van der Waals surface area contributed by atoms with Gasteiger partial charge in [-0.1, -0.05) is 12.2 Å². The number of fused-ring (bicyclic) bond motifs is 1. The second kappa shape index (κ2) is 9.63. The normalized spacial score (nSPS) is 11.8. The van der Waals surface area contributed by atoms with Crippen molar-refractivity contribution in [2.75, 3.05) is 11.9 Å². The number of carbonyl (C=O) groups excluding carboxylic acids is 2. The number of nitrogens with zero attached hydrogens (tertiary/aromatic N) is 5. The van der Waals surface area contributed by atoms with Gasteiger partial charge in [0.05, 0.1) is 5.69 Å². The average molecular weight is 440 g/mol. The van der Waals surface area contributed by atoms with Crippen LogP contribution >= 0.6 is 0 Å². The molecule has 2 amide bonds. The quantitative estimate of drug-likeness (QED) is 0.546. The Balaban J connectivity index is 1.73. The molecule has 3 aromatic heterocycles. The number of rotatable bonds is 7. The van der Waals surface area contributed by atoms with Crippen molar-refractivity contribution in [2.45, 2.75) is 53.3 Å². The van der Waals surface area contributed by atoms with Crippen molar-refractivity contribution in [3.05, 3.63) is 47.9 Å². The van der Waals surface area contributed by atoms with E-state index in [2.05, 4.69) is 25.7 Å². The van der Waals surface area contributed by atoms with Crippen molar-refractivity contribution < 1.29 is 14.3 Å². The predicted molar refractivity (Wildman–Crippen MR) is 121 cm³/mol. The molecule has 0 atom stereocenters. The Kier molecular flexibility index (Phi) is 6.92. The molecule has 0 unspecified atom stereocenters. The summed E-state index contributed by atoms with van der Waals surface area (Å²) < 4.78 is 8.66. The van der Waals surface area contributed by atoms with Crippen molar-refractivity contribution in [1.29, 1.82) is 0 Å². The highest BCUT2D eigenvalue weighted by Crippen LogP contribution is 2.18. The fourth-order valence-electron chi connectivity index (χ4n) is 3.08. The number of amides is 2. The van der Waals surface area contributed by atoms with E-state index >= 15 is 0 Å². The molecule has 0 aliphatic rings. The summed E-state index contributed by atoms with van der Waals surface area (Å²) in [5, 5.41) is 9.87. The third-order valence-electron chi connectivity index (χ3n) is 4.38. The van der Waals surface area contributed by atoms with Crippen LogP contribution in [0.15, 0.2) is 36.5 Å². The minimum atomic E-state index is -0.548. The number of hydrogen-bond acceptors (Lipinski definition) is 6. The van der Waals surface area contributed by atoms with E-state index in [1.165, 1.54) is 0 Å². The maximum Gasteiger partial charge on any atom is 0.407 e. The summed E-state index contributed by atoms with van der Waals surface area (Å²) in [6, 6.07) is 5.37. The zero-order valence-corrected chi connectivity index (χ0v) is 19.0. The third-order valence-corrected chi connectivity index (χ3v) is 4.38. The fraction of sp³-hybridized carbons (Fsp3) is 0.409. The molecule has 10 nitrogen and oxygen atoms in total. The van der Waals surface area contributed by atoms with Crippen LogP contribution in [0.5, 0.6) is 0 Å². The highest BCUT2D eigenvalue weighted by molar-refractivity contribution is 6.02. The van der Waals surface area contributed by atoms with E-state index in [9.17, 15) is 9.59 Å². The lowest BCUT2D eigenvalue weighted by Crippen LogP contribution is -2.32. The van der Waals surface area contributed by atoms with E-state index in [-0.39, 0.29) is 5.91 Å². The van der Waals surface area contributed by atoms with Gasteiger partial charge in [-0.05, 0) is 52.8 Å². The lowest BCUT2D eigenvalue weighted by molar-refractivity contribution is 0.0534. The first-order valence-corrected chi connectivity index (χ1v) is 10.5. The van der Waals surface area contributed by atoms with Crippen molar-refractivity contribution >= 4 is 29.1 Å². The molecule has 170 valence electrons. The van der Waals surface area contributed by atoms with Crippen LogP contribution in [0, 0.1) is 6.92 Å². The van der Waals surface area contributed by atoms with Crippen molar-refractivity contribution in [2.24, 2.45) is 0 Å². The van der Waals surface area contributed by atoms with Crippen molar-refractivity contribution in [3.8, 4) is 0 Å². The molecule has 0 spiro atoms. The van der Waals surface area contributed by atoms with Gasteiger partial charge < -0.3 is 10.1 Å². The van der Waals surface area contributed by atoms with Crippen LogP contribution < -0.4 is 10.6 Å². The van der Waals surface area contributed by atoms with Gasteiger partial charge in [0.25, 0.3) is 5.91 Å². The Morgan fingerprint density at radius 3 is 2.75 bits per heavy atom. The molecule has 0 bridgehead atoms. The van der Waals surface area contributed by atoms with Crippen LogP contribution in [-0.2, 0) is 17.8 Å². The Bertz CT molecular complexity index is 1140. The van der Waals surface area contributed by atoms with Gasteiger partial charge >= 0.3 is 6.09 Å². The lowest BCUT2D eigenvalue weighted by atomic mass is 10.2. The number of aryl methyl sites for hydroxylation is 2. The monoisotopic (exact) mass is 439 g/mol. The maximum atomic E-state index is 12.9. The molecule has 3 heterocycles. The molecular formula is C22H29N7O3. The van der Waals surface area contributed by atoms with Gasteiger partial charge in [0.2, 0.25) is 5.95 Å². The molecule has 3 rings (SSSR count). The summed E-state index contributed by atoms with van der Waals surface area (Å²) in [5.41, 5.74) is 2.01. The van der Waals surface area contributed by atoms with Crippen LogP contribution in [-0.4, -0.2) is 48.5 Å². The SMILES string of the molecule is CCn1nc(C)cc1C(=O)Nc1nc2cccnc2n1C/C=C/CNC(=O)OC(C)(C)C. The van der Waals surface area contributed by atoms with Crippen molar-refractivity contribution in [3.63, 3.8) is 0 Å². The topological polar surface area (TPSA) is 116 Å². The molecule has 0 fully saturated rings. The number of ether oxygens (including phenoxy) is 1.